The van der Waals surface area contributed by atoms with Crippen molar-refractivity contribution in [3.8, 4) is 24.7 Å². The number of terminal acetylenes is 2. The number of unbranched alkanes of at least 4 members (excludes halogenated alkanes) is 4. The van der Waals surface area contributed by atoms with Gasteiger partial charge in [0.1, 0.15) is 12.2 Å². The SMILES string of the molecule is C#CC(O)CCCCCNc1cccc2c(NCCCCCC(O)C#C)cccc12. The van der Waals surface area contributed by atoms with E-state index in [-0.39, 0.29) is 0 Å². The third-order valence-corrected chi connectivity index (χ3v) is 5.25. The Morgan fingerprint density at radius 1 is 0.667 bits per heavy atom. The molecule has 0 aliphatic rings. The van der Waals surface area contributed by atoms with Crippen molar-refractivity contribution in [3.63, 3.8) is 0 Å². The lowest BCUT2D eigenvalue weighted by molar-refractivity contribution is 0.217. The summed E-state index contributed by atoms with van der Waals surface area (Å²) in [6.45, 7) is 1.79. The number of hydrogen-bond donors (Lipinski definition) is 4. The van der Waals surface area contributed by atoms with Crippen molar-refractivity contribution in [2.75, 3.05) is 23.7 Å². The molecule has 4 heteroatoms. The maximum absolute atomic E-state index is 9.40. The molecule has 2 aromatic rings. The van der Waals surface area contributed by atoms with E-state index in [1.165, 1.54) is 10.8 Å². The highest BCUT2D eigenvalue weighted by atomic mass is 16.3. The van der Waals surface area contributed by atoms with E-state index >= 15 is 0 Å². The van der Waals surface area contributed by atoms with Gasteiger partial charge in [0, 0.05) is 35.2 Å². The summed E-state index contributed by atoms with van der Waals surface area (Å²) in [6, 6.07) is 12.7. The van der Waals surface area contributed by atoms with Crippen LogP contribution in [0, 0.1) is 24.7 Å². The first kappa shape index (κ1) is 23.6. The largest absolute Gasteiger partial charge is 0.385 e. The molecule has 0 bridgehead atoms. The van der Waals surface area contributed by atoms with Crippen LogP contribution in [-0.2, 0) is 0 Å². The smallest absolute Gasteiger partial charge is 0.114 e. The summed E-state index contributed by atoms with van der Waals surface area (Å²) >= 11 is 0. The van der Waals surface area contributed by atoms with E-state index in [0.29, 0.717) is 12.8 Å². The predicted octanol–water partition coefficient (Wildman–Crippen LogP) is 4.77. The molecule has 0 spiro atoms. The summed E-state index contributed by atoms with van der Waals surface area (Å²) in [5.74, 6) is 4.71. The summed E-state index contributed by atoms with van der Waals surface area (Å²) < 4.78 is 0. The van der Waals surface area contributed by atoms with Crippen molar-refractivity contribution in [1.29, 1.82) is 0 Å². The van der Waals surface area contributed by atoms with Crippen LogP contribution >= 0.6 is 0 Å². The molecule has 0 aliphatic carbocycles. The third kappa shape index (κ3) is 7.99. The molecule has 4 nitrogen and oxygen atoms in total. The van der Waals surface area contributed by atoms with Crippen LogP contribution in [0.4, 0.5) is 11.4 Å². The molecule has 2 aromatic carbocycles. The van der Waals surface area contributed by atoms with Crippen molar-refractivity contribution in [1.82, 2.24) is 0 Å². The van der Waals surface area contributed by atoms with Crippen LogP contribution in [0.5, 0.6) is 0 Å². The van der Waals surface area contributed by atoms with Crippen molar-refractivity contribution >= 4 is 22.1 Å². The Bertz CT molecular complexity index is 779. The molecule has 2 rings (SSSR count). The average Bonchev–Trinajstić information content (AvgIpc) is 2.78. The second-order valence-corrected chi connectivity index (χ2v) is 7.62. The van der Waals surface area contributed by atoms with Crippen molar-refractivity contribution in [2.24, 2.45) is 0 Å². The highest BCUT2D eigenvalue weighted by Gasteiger charge is 2.05. The maximum Gasteiger partial charge on any atom is 0.114 e. The van der Waals surface area contributed by atoms with Gasteiger partial charge in [-0.25, -0.2) is 0 Å². The molecular weight excluding hydrogens is 372 g/mol. The fourth-order valence-electron chi connectivity index (χ4n) is 3.51. The number of rotatable bonds is 14. The molecule has 0 saturated carbocycles. The molecule has 2 unspecified atom stereocenters. The van der Waals surface area contributed by atoms with Crippen LogP contribution in [0.1, 0.15) is 51.4 Å². The first-order valence-electron chi connectivity index (χ1n) is 10.9. The van der Waals surface area contributed by atoms with E-state index < -0.39 is 12.2 Å². The zero-order chi connectivity index (χ0) is 21.6. The minimum atomic E-state index is -0.614. The Labute approximate surface area is 181 Å². The van der Waals surface area contributed by atoms with Crippen molar-refractivity contribution in [3.05, 3.63) is 36.4 Å². The maximum atomic E-state index is 9.40. The number of nitrogens with one attached hydrogen (secondary N) is 2. The Hall–Kier alpha value is -2.66. The number of aliphatic hydroxyl groups is 2. The molecular formula is C26H34N2O2. The van der Waals surface area contributed by atoms with Crippen LogP contribution in [0.15, 0.2) is 36.4 Å². The molecule has 160 valence electrons. The standard InChI is InChI=1S/C26H34N2O2/c1-3-21(29)13-7-5-9-19-27-25-17-11-16-24-23(25)15-12-18-26(24)28-20-10-6-8-14-22(30)4-2/h1-2,11-12,15-18,21-22,27-30H,5-10,13-14,19-20H2. The second-order valence-electron chi connectivity index (χ2n) is 7.62. The van der Waals surface area contributed by atoms with Gasteiger partial charge in [-0.3, -0.25) is 0 Å². The molecule has 4 N–H and O–H groups in total. The van der Waals surface area contributed by atoms with Crippen LogP contribution < -0.4 is 10.6 Å². The van der Waals surface area contributed by atoms with Gasteiger partial charge in [0.15, 0.2) is 0 Å². The summed E-state index contributed by atoms with van der Waals surface area (Å²) in [4.78, 5) is 0. The molecule has 0 saturated heterocycles. The highest BCUT2D eigenvalue weighted by molar-refractivity contribution is 6.01. The van der Waals surface area contributed by atoms with Gasteiger partial charge in [-0.2, -0.15) is 0 Å². The zero-order valence-electron chi connectivity index (χ0n) is 17.7. The van der Waals surface area contributed by atoms with Gasteiger partial charge in [0.05, 0.1) is 0 Å². The third-order valence-electron chi connectivity index (χ3n) is 5.25. The second kappa shape index (κ2) is 13.5. The number of anilines is 2. The first-order chi connectivity index (χ1) is 14.7. The van der Waals surface area contributed by atoms with Gasteiger partial charge >= 0.3 is 0 Å². The van der Waals surface area contributed by atoms with Gasteiger partial charge in [0.25, 0.3) is 0 Å². The number of benzene rings is 2. The van der Waals surface area contributed by atoms with Crippen LogP contribution in [0.3, 0.4) is 0 Å². The van der Waals surface area contributed by atoms with Crippen LogP contribution in [0.25, 0.3) is 10.8 Å². The van der Waals surface area contributed by atoms with Gasteiger partial charge in [-0.1, -0.05) is 48.9 Å². The summed E-state index contributed by atoms with van der Waals surface area (Å²) in [7, 11) is 0. The lowest BCUT2D eigenvalue weighted by Crippen LogP contribution is -2.05. The molecule has 30 heavy (non-hydrogen) atoms. The molecule has 0 heterocycles. The lowest BCUT2D eigenvalue weighted by Gasteiger charge is -2.14. The van der Waals surface area contributed by atoms with E-state index in [2.05, 4.69) is 58.9 Å². The van der Waals surface area contributed by atoms with E-state index in [9.17, 15) is 10.2 Å². The van der Waals surface area contributed by atoms with Crippen LogP contribution in [-0.4, -0.2) is 35.5 Å². The van der Waals surface area contributed by atoms with Gasteiger partial charge in [-0.05, 0) is 50.7 Å². The fourth-order valence-corrected chi connectivity index (χ4v) is 3.51. The molecule has 0 aliphatic heterocycles. The van der Waals surface area contributed by atoms with Gasteiger partial charge in [0.2, 0.25) is 0 Å². The summed E-state index contributed by atoms with van der Waals surface area (Å²) in [5, 5.41) is 28.3. The highest BCUT2D eigenvalue weighted by Crippen LogP contribution is 2.29. The van der Waals surface area contributed by atoms with Gasteiger partial charge < -0.3 is 20.8 Å². The van der Waals surface area contributed by atoms with Crippen molar-refractivity contribution in [2.45, 2.75) is 63.6 Å². The Morgan fingerprint density at radius 3 is 1.50 bits per heavy atom. The topological polar surface area (TPSA) is 64.5 Å². The molecule has 2 atom stereocenters. The van der Waals surface area contributed by atoms with Gasteiger partial charge in [-0.15, -0.1) is 12.8 Å². The fraction of sp³-hybridized carbons (Fsp3) is 0.462. The average molecular weight is 407 g/mol. The molecule has 0 aromatic heterocycles. The van der Waals surface area contributed by atoms with Crippen molar-refractivity contribution < 1.29 is 10.2 Å². The summed E-state index contributed by atoms with van der Waals surface area (Å²) in [5.41, 5.74) is 2.28. The Morgan fingerprint density at radius 2 is 1.10 bits per heavy atom. The Kier molecular flexibility index (Phi) is 10.7. The number of fused-ring (bicyclic) bond motifs is 1. The van der Waals surface area contributed by atoms with E-state index in [0.717, 1.165) is 63.0 Å². The lowest BCUT2D eigenvalue weighted by atomic mass is 10.1. The number of hydrogen-bond acceptors (Lipinski definition) is 4. The normalized spacial score (nSPS) is 12.7. The molecule has 0 fully saturated rings. The van der Waals surface area contributed by atoms with E-state index in [1.54, 1.807) is 0 Å². The quantitative estimate of drug-likeness (QED) is 0.269. The Balaban J connectivity index is 1.81. The monoisotopic (exact) mass is 406 g/mol. The minimum Gasteiger partial charge on any atom is -0.385 e. The van der Waals surface area contributed by atoms with Crippen LogP contribution in [0.2, 0.25) is 0 Å². The molecule has 0 radical (unpaired) electrons. The van der Waals surface area contributed by atoms with E-state index in [4.69, 9.17) is 12.8 Å². The summed E-state index contributed by atoms with van der Waals surface area (Å²) in [6.07, 6.45) is 16.5. The molecule has 0 amide bonds. The van der Waals surface area contributed by atoms with E-state index in [1.807, 2.05) is 0 Å². The zero-order valence-corrected chi connectivity index (χ0v) is 17.7. The predicted molar refractivity (Wildman–Crippen MR) is 128 cm³/mol. The minimum absolute atomic E-state index is 0.614. The first-order valence-corrected chi connectivity index (χ1v) is 10.9. The number of aliphatic hydroxyl groups excluding tert-OH is 2.